The number of aromatic nitrogens is 2. The van der Waals surface area contributed by atoms with E-state index in [0.29, 0.717) is 10.9 Å². The van der Waals surface area contributed by atoms with Gasteiger partial charge in [-0.1, -0.05) is 0 Å². The molecule has 17 heavy (non-hydrogen) atoms. The monoisotopic (exact) mass is 262 g/mol. The Morgan fingerprint density at radius 1 is 1.18 bits per heavy atom. The summed E-state index contributed by atoms with van der Waals surface area (Å²) in [5.41, 5.74) is 0. The Labute approximate surface area is 89.8 Å². The van der Waals surface area contributed by atoms with E-state index < -0.39 is 24.5 Å². The number of nitrogens with zero attached hydrogens (tertiary/aromatic N) is 2. The first-order valence-corrected chi connectivity index (χ1v) is 3.94. The van der Waals surface area contributed by atoms with Crippen LogP contribution in [0.15, 0.2) is 18.7 Å². The lowest BCUT2D eigenvalue weighted by Gasteiger charge is -2.22. The van der Waals surface area contributed by atoms with Gasteiger partial charge in [-0.25, -0.2) is 14.3 Å². The normalized spacial score (nSPS) is 12.9. The molecule has 1 aromatic rings. The summed E-state index contributed by atoms with van der Waals surface area (Å²) in [6.07, 6.45) is -14.9. The minimum absolute atomic E-state index is 0.352. The molecule has 0 aromatic carbocycles. The average Bonchev–Trinajstić information content (AvgIpc) is 2.62. The average molecular weight is 262 g/mol. The number of carbonyl (C=O) groups excluding carboxylic acids is 1. The summed E-state index contributed by atoms with van der Waals surface area (Å²) < 4.78 is 75.7. The van der Waals surface area contributed by atoms with E-state index in [1.807, 2.05) is 0 Å². The number of ether oxygens (including phenoxy) is 1. The molecule has 0 spiro atoms. The maximum absolute atomic E-state index is 12.0. The molecule has 1 rings (SSSR count). The quantitative estimate of drug-likeness (QED) is 0.730. The molecule has 0 atom stereocenters. The molecule has 0 aliphatic rings. The molecule has 10 heteroatoms. The first-order chi connectivity index (χ1) is 7.62. The Kier molecular flexibility index (Phi) is 3.34. The van der Waals surface area contributed by atoms with Gasteiger partial charge in [0.15, 0.2) is 0 Å². The standard InChI is InChI=1S/C7H4F6N2O2/c8-6(9,10)4(7(11,12)13)17-5(16)15-2-1-14-3-15/h1-4H. The fourth-order valence-electron chi connectivity index (χ4n) is 0.848. The van der Waals surface area contributed by atoms with E-state index in [-0.39, 0.29) is 0 Å². The number of alkyl halides is 6. The molecular weight excluding hydrogens is 258 g/mol. The van der Waals surface area contributed by atoms with Crippen LogP contribution in [0, 0.1) is 0 Å². The number of halogens is 6. The van der Waals surface area contributed by atoms with Gasteiger partial charge in [0.05, 0.1) is 0 Å². The van der Waals surface area contributed by atoms with E-state index in [9.17, 15) is 31.1 Å². The van der Waals surface area contributed by atoms with Crippen LogP contribution in [-0.4, -0.2) is 34.1 Å². The van der Waals surface area contributed by atoms with Crippen LogP contribution in [-0.2, 0) is 4.74 Å². The van der Waals surface area contributed by atoms with Crippen molar-refractivity contribution in [1.29, 1.82) is 0 Å². The molecular formula is C7H4F6N2O2. The molecule has 0 amide bonds. The SMILES string of the molecule is O=C(OC(C(F)(F)F)C(F)(F)F)n1ccnc1. The summed E-state index contributed by atoms with van der Waals surface area (Å²) in [7, 11) is 0. The van der Waals surface area contributed by atoms with Crippen molar-refractivity contribution >= 4 is 6.09 Å². The van der Waals surface area contributed by atoms with Crippen LogP contribution in [0.25, 0.3) is 0 Å². The van der Waals surface area contributed by atoms with Crippen LogP contribution in [0.4, 0.5) is 31.1 Å². The third kappa shape index (κ3) is 3.36. The van der Waals surface area contributed by atoms with Crippen LogP contribution < -0.4 is 0 Å². The Hall–Kier alpha value is -1.74. The summed E-state index contributed by atoms with van der Waals surface area (Å²) in [6.45, 7) is 0. The molecule has 0 fully saturated rings. The number of hydrogen-bond donors (Lipinski definition) is 0. The topological polar surface area (TPSA) is 44.1 Å². The summed E-state index contributed by atoms with van der Waals surface area (Å²) in [5.74, 6) is 0. The lowest BCUT2D eigenvalue weighted by Crippen LogP contribution is -2.46. The molecule has 0 radical (unpaired) electrons. The van der Waals surface area contributed by atoms with Gasteiger partial charge >= 0.3 is 18.4 Å². The van der Waals surface area contributed by atoms with Crippen LogP contribution >= 0.6 is 0 Å². The second-order valence-corrected chi connectivity index (χ2v) is 2.82. The van der Waals surface area contributed by atoms with Gasteiger partial charge in [-0.2, -0.15) is 26.3 Å². The van der Waals surface area contributed by atoms with Gasteiger partial charge in [0.1, 0.15) is 6.33 Å². The highest BCUT2D eigenvalue weighted by Crippen LogP contribution is 2.35. The second-order valence-electron chi connectivity index (χ2n) is 2.82. The molecule has 0 unspecified atom stereocenters. The summed E-state index contributed by atoms with van der Waals surface area (Å²) in [4.78, 5) is 14.2. The van der Waals surface area contributed by atoms with E-state index in [1.165, 1.54) is 0 Å². The zero-order valence-corrected chi connectivity index (χ0v) is 7.79. The zero-order valence-electron chi connectivity index (χ0n) is 7.79. The Balaban J connectivity index is 2.85. The Morgan fingerprint density at radius 2 is 1.71 bits per heavy atom. The fraction of sp³-hybridized carbons (Fsp3) is 0.429. The van der Waals surface area contributed by atoms with Crippen molar-refractivity contribution in [2.24, 2.45) is 0 Å². The van der Waals surface area contributed by atoms with Crippen molar-refractivity contribution in [1.82, 2.24) is 9.55 Å². The van der Waals surface area contributed by atoms with Crippen molar-refractivity contribution in [3.63, 3.8) is 0 Å². The third-order valence-electron chi connectivity index (χ3n) is 1.53. The van der Waals surface area contributed by atoms with E-state index in [1.54, 1.807) is 0 Å². The lowest BCUT2D eigenvalue weighted by molar-refractivity contribution is -0.306. The summed E-state index contributed by atoms with van der Waals surface area (Å²) >= 11 is 0. The fourth-order valence-corrected chi connectivity index (χ4v) is 0.848. The maximum atomic E-state index is 12.0. The largest absolute Gasteiger partial charge is 0.434 e. The highest BCUT2D eigenvalue weighted by atomic mass is 19.4. The Bertz CT molecular complexity index is 368. The van der Waals surface area contributed by atoms with E-state index >= 15 is 0 Å². The molecule has 0 saturated heterocycles. The molecule has 0 aliphatic carbocycles. The highest BCUT2D eigenvalue weighted by molar-refractivity contribution is 5.70. The second kappa shape index (κ2) is 4.26. The van der Waals surface area contributed by atoms with E-state index in [4.69, 9.17) is 0 Å². The van der Waals surface area contributed by atoms with Gasteiger partial charge < -0.3 is 4.74 Å². The maximum Gasteiger partial charge on any atom is 0.434 e. The van der Waals surface area contributed by atoms with Gasteiger partial charge in [-0.3, -0.25) is 0 Å². The summed E-state index contributed by atoms with van der Waals surface area (Å²) in [6, 6.07) is 0. The molecule has 0 N–H and O–H groups in total. The first kappa shape index (κ1) is 13.3. The van der Waals surface area contributed by atoms with Crippen molar-refractivity contribution < 1.29 is 35.9 Å². The van der Waals surface area contributed by atoms with Crippen molar-refractivity contribution in [2.75, 3.05) is 0 Å². The van der Waals surface area contributed by atoms with Crippen LogP contribution in [0.5, 0.6) is 0 Å². The van der Waals surface area contributed by atoms with Gasteiger partial charge in [0.2, 0.25) is 0 Å². The molecule has 0 bridgehead atoms. The molecule has 96 valence electrons. The van der Waals surface area contributed by atoms with E-state index in [2.05, 4.69) is 9.72 Å². The van der Waals surface area contributed by atoms with Crippen LogP contribution in [0.1, 0.15) is 0 Å². The highest BCUT2D eigenvalue weighted by Gasteiger charge is 2.60. The van der Waals surface area contributed by atoms with Gasteiger partial charge in [-0.05, 0) is 0 Å². The Morgan fingerprint density at radius 3 is 2.06 bits per heavy atom. The molecule has 0 aliphatic heterocycles. The van der Waals surface area contributed by atoms with Crippen molar-refractivity contribution in [2.45, 2.75) is 18.5 Å². The van der Waals surface area contributed by atoms with Crippen molar-refractivity contribution in [3.05, 3.63) is 18.7 Å². The minimum atomic E-state index is -5.73. The number of hydrogen-bond acceptors (Lipinski definition) is 3. The predicted molar refractivity (Wildman–Crippen MR) is 40.0 cm³/mol. The smallest absolute Gasteiger partial charge is 0.426 e. The van der Waals surface area contributed by atoms with Gasteiger partial charge in [0.25, 0.3) is 6.10 Å². The summed E-state index contributed by atoms with van der Waals surface area (Å²) in [5, 5.41) is 0. The zero-order chi connectivity index (χ0) is 13.3. The van der Waals surface area contributed by atoms with Crippen molar-refractivity contribution in [3.8, 4) is 0 Å². The minimum Gasteiger partial charge on any atom is -0.426 e. The third-order valence-corrected chi connectivity index (χ3v) is 1.53. The molecule has 4 nitrogen and oxygen atoms in total. The van der Waals surface area contributed by atoms with Gasteiger partial charge in [0, 0.05) is 12.4 Å². The van der Waals surface area contributed by atoms with E-state index in [0.717, 1.165) is 12.4 Å². The van der Waals surface area contributed by atoms with Gasteiger partial charge in [-0.15, -0.1) is 0 Å². The van der Waals surface area contributed by atoms with Crippen LogP contribution in [0.3, 0.4) is 0 Å². The molecule has 0 saturated carbocycles. The van der Waals surface area contributed by atoms with Crippen LogP contribution in [0.2, 0.25) is 0 Å². The molecule has 1 heterocycles. The first-order valence-electron chi connectivity index (χ1n) is 3.94. The lowest BCUT2D eigenvalue weighted by atomic mass is 10.3. The number of carbonyl (C=O) groups is 1. The number of rotatable bonds is 1. The molecule has 1 aromatic heterocycles. The predicted octanol–water partition coefficient (Wildman–Crippen LogP) is 2.36. The number of imidazole rings is 1.